The average molecular weight is 372 g/mol. The highest BCUT2D eigenvalue weighted by atomic mass is 16.1. The number of carbonyl (C=O) groups is 2. The summed E-state index contributed by atoms with van der Waals surface area (Å²) in [7, 11) is 0. The highest BCUT2D eigenvalue weighted by Crippen LogP contribution is 2.31. The average Bonchev–Trinajstić information content (AvgIpc) is 2.60. The third kappa shape index (κ3) is 8.11. The summed E-state index contributed by atoms with van der Waals surface area (Å²) in [6.45, 7) is 12.4. The molecular weight excluding hydrogens is 334 g/mol. The molecule has 0 radical (unpaired) electrons. The summed E-state index contributed by atoms with van der Waals surface area (Å²) < 4.78 is 0. The zero-order chi connectivity index (χ0) is 20.5. The third-order valence-corrected chi connectivity index (χ3v) is 4.91. The number of ketones is 1. The lowest BCUT2D eigenvalue weighted by Crippen LogP contribution is -2.20. The topological polar surface area (TPSA) is 46.2 Å². The summed E-state index contributed by atoms with van der Waals surface area (Å²) in [5.74, 6) is -0.0228. The Bertz CT molecular complexity index is 637. The molecule has 0 aliphatic rings. The molecule has 150 valence electrons. The van der Waals surface area contributed by atoms with E-state index in [0.29, 0.717) is 11.3 Å². The lowest BCUT2D eigenvalue weighted by molar-refractivity contribution is -0.112. The van der Waals surface area contributed by atoms with E-state index >= 15 is 0 Å². The molecule has 1 aromatic carbocycles. The summed E-state index contributed by atoms with van der Waals surface area (Å²) in [6, 6.07) is 7.13. The Kier molecular flexibility index (Phi) is 8.95. The normalized spacial score (nSPS) is 14.1. The molecule has 0 fully saturated rings. The van der Waals surface area contributed by atoms with Crippen LogP contribution in [0.4, 0.5) is 5.69 Å². The minimum absolute atomic E-state index is 0.0737. The number of carbonyl (C=O) groups excluding carboxylic acids is 2. The van der Waals surface area contributed by atoms with E-state index in [9.17, 15) is 9.59 Å². The van der Waals surface area contributed by atoms with Crippen molar-refractivity contribution in [2.24, 2.45) is 10.8 Å². The lowest BCUT2D eigenvalue weighted by atomic mass is 9.80. The minimum atomic E-state index is -0.408. The summed E-state index contributed by atoms with van der Waals surface area (Å²) in [5, 5.41) is 2.89. The van der Waals surface area contributed by atoms with E-state index in [0.717, 1.165) is 19.3 Å². The first-order valence-electron chi connectivity index (χ1n) is 10.3. The van der Waals surface area contributed by atoms with Gasteiger partial charge in [0.25, 0.3) is 0 Å². The van der Waals surface area contributed by atoms with Crippen LogP contribution in [0.5, 0.6) is 0 Å². The quantitative estimate of drug-likeness (QED) is 0.279. The van der Waals surface area contributed by atoms with Crippen molar-refractivity contribution in [1.29, 1.82) is 0 Å². The summed E-state index contributed by atoms with van der Waals surface area (Å²) >= 11 is 0. The fraction of sp³-hybridized carbons (Fsp3) is 0.583. The number of allylic oxidation sites excluding steroid dienone is 1. The molecule has 1 rings (SSSR count). The molecule has 1 atom stereocenters. The smallest absolute Gasteiger partial charge is 0.248 e. The molecule has 0 heterocycles. The van der Waals surface area contributed by atoms with E-state index < -0.39 is 5.41 Å². The number of nitrogens with one attached hydrogen (secondary N) is 1. The molecule has 3 nitrogen and oxygen atoms in total. The van der Waals surface area contributed by atoms with Gasteiger partial charge in [0.05, 0.1) is 0 Å². The predicted octanol–water partition coefficient (Wildman–Crippen LogP) is 6.80. The Morgan fingerprint density at radius 1 is 0.926 bits per heavy atom. The third-order valence-electron chi connectivity index (χ3n) is 4.91. The maximum atomic E-state index is 12.3. The second-order valence-corrected chi connectivity index (χ2v) is 8.84. The first-order valence-corrected chi connectivity index (χ1v) is 10.3. The first-order chi connectivity index (χ1) is 12.6. The second kappa shape index (κ2) is 10.4. The van der Waals surface area contributed by atoms with Crippen molar-refractivity contribution >= 4 is 17.4 Å². The van der Waals surface area contributed by atoms with Crippen molar-refractivity contribution in [3.05, 3.63) is 42.0 Å². The van der Waals surface area contributed by atoms with E-state index in [2.05, 4.69) is 32.2 Å². The number of hydrogen-bond donors (Lipinski definition) is 1. The summed E-state index contributed by atoms with van der Waals surface area (Å²) in [6.07, 6.45) is 10.7. The largest absolute Gasteiger partial charge is 0.323 e. The van der Waals surface area contributed by atoms with Crippen molar-refractivity contribution in [3.8, 4) is 0 Å². The molecule has 0 aromatic heterocycles. The Labute approximate surface area is 165 Å². The van der Waals surface area contributed by atoms with Crippen molar-refractivity contribution in [1.82, 2.24) is 0 Å². The van der Waals surface area contributed by atoms with Gasteiger partial charge in [-0.1, -0.05) is 73.3 Å². The van der Waals surface area contributed by atoms with Gasteiger partial charge in [-0.25, -0.2) is 0 Å². The van der Waals surface area contributed by atoms with Gasteiger partial charge in [0.15, 0.2) is 5.78 Å². The molecule has 0 saturated heterocycles. The van der Waals surface area contributed by atoms with Gasteiger partial charge in [0, 0.05) is 16.7 Å². The zero-order valence-corrected chi connectivity index (χ0v) is 18.0. The van der Waals surface area contributed by atoms with Crippen LogP contribution in [0.2, 0.25) is 0 Å². The Morgan fingerprint density at radius 3 is 2.07 bits per heavy atom. The minimum Gasteiger partial charge on any atom is -0.323 e. The van der Waals surface area contributed by atoms with Gasteiger partial charge in [-0.2, -0.15) is 0 Å². The van der Waals surface area contributed by atoms with Crippen LogP contribution in [-0.4, -0.2) is 11.7 Å². The molecule has 1 aromatic rings. The van der Waals surface area contributed by atoms with Crippen molar-refractivity contribution in [2.75, 3.05) is 5.32 Å². The lowest BCUT2D eigenvalue weighted by Gasteiger charge is -2.25. The number of rotatable bonds is 10. The Balaban J connectivity index is 2.71. The van der Waals surface area contributed by atoms with Gasteiger partial charge in [-0.15, -0.1) is 0 Å². The van der Waals surface area contributed by atoms with Crippen LogP contribution in [0, 0.1) is 10.8 Å². The number of Topliss-reactive ketones (excluding diaryl/α,β-unsaturated/α-hetero) is 1. The van der Waals surface area contributed by atoms with E-state index in [-0.39, 0.29) is 17.1 Å². The molecule has 0 bridgehead atoms. The number of hydrogen-bond acceptors (Lipinski definition) is 2. The van der Waals surface area contributed by atoms with E-state index in [1.54, 1.807) is 30.3 Å². The van der Waals surface area contributed by atoms with Crippen LogP contribution in [0.15, 0.2) is 36.4 Å². The van der Waals surface area contributed by atoms with Gasteiger partial charge >= 0.3 is 0 Å². The van der Waals surface area contributed by atoms with Crippen molar-refractivity contribution in [2.45, 2.75) is 80.1 Å². The highest BCUT2D eigenvalue weighted by Gasteiger charge is 2.22. The second-order valence-electron chi connectivity index (χ2n) is 8.84. The van der Waals surface area contributed by atoms with Crippen molar-refractivity contribution in [3.63, 3.8) is 0 Å². The maximum absolute atomic E-state index is 12.3. The first kappa shape index (κ1) is 23.1. The standard InChI is InChI=1S/C24H37NO2/c1-7-9-10-17-24(6,16-8-2)18-15-21(26)25-20-13-11-19(12-14-20)22(27)23(3,4)5/h11-15,18H,7-10,16-17H2,1-6H3,(H,25,26)/b18-15+. The number of unbranched alkanes of at least 4 members (excludes halogenated alkanes) is 2. The van der Waals surface area contributed by atoms with Gasteiger partial charge < -0.3 is 5.32 Å². The number of amides is 1. The SMILES string of the molecule is CCCCCC(C)(/C=C/C(=O)Nc1ccc(C(=O)C(C)(C)C)cc1)CCC. The van der Waals surface area contributed by atoms with Crippen LogP contribution in [-0.2, 0) is 4.79 Å². The molecule has 0 aliphatic heterocycles. The maximum Gasteiger partial charge on any atom is 0.248 e. The molecule has 0 spiro atoms. The fourth-order valence-electron chi connectivity index (χ4n) is 3.24. The van der Waals surface area contributed by atoms with E-state index in [1.807, 2.05) is 20.8 Å². The zero-order valence-electron chi connectivity index (χ0n) is 18.0. The van der Waals surface area contributed by atoms with Crippen LogP contribution in [0.1, 0.15) is 90.4 Å². The Hall–Kier alpha value is -1.90. The molecule has 1 unspecified atom stereocenters. The van der Waals surface area contributed by atoms with Gasteiger partial charge in [-0.05, 0) is 48.6 Å². The van der Waals surface area contributed by atoms with E-state index in [1.165, 1.54) is 19.3 Å². The molecule has 1 amide bonds. The summed E-state index contributed by atoms with van der Waals surface area (Å²) in [5.41, 5.74) is 1.04. The van der Waals surface area contributed by atoms with Crippen LogP contribution in [0.25, 0.3) is 0 Å². The monoisotopic (exact) mass is 371 g/mol. The highest BCUT2D eigenvalue weighted by molar-refractivity contribution is 6.01. The van der Waals surface area contributed by atoms with Gasteiger partial charge in [-0.3, -0.25) is 9.59 Å². The van der Waals surface area contributed by atoms with Crippen LogP contribution in [0.3, 0.4) is 0 Å². The van der Waals surface area contributed by atoms with E-state index in [4.69, 9.17) is 0 Å². The molecule has 0 aliphatic carbocycles. The predicted molar refractivity (Wildman–Crippen MR) is 115 cm³/mol. The van der Waals surface area contributed by atoms with Crippen LogP contribution >= 0.6 is 0 Å². The molecule has 0 saturated carbocycles. The van der Waals surface area contributed by atoms with Gasteiger partial charge in [0.1, 0.15) is 0 Å². The Morgan fingerprint density at radius 2 is 1.56 bits per heavy atom. The molecular formula is C24H37NO2. The molecule has 3 heteroatoms. The fourth-order valence-corrected chi connectivity index (χ4v) is 3.24. The summed E-state index contributed by atoms with van der Waals surface area (Å²) in [4.78, 5) is 24.6. The molecule has 1 N–H and O–H groups in total. The number of benzene rings is 1. The molecule has 27 heavy (non-hydrogen) atoms. The number of anilines is 1. The van der Waals surface area contributed by atoms with Crippen molar-refractivity contribution < 1.29 is 9.59 Å². The van der Waals surface area contributed by atoms with Gasteiger partial charge in [0.2, 0.25) is 5.91 Å². The van der Waals surface area contributed by atoms with Crippen LogP contribution < -0.4 is 5.32 Å².